The highest BCUT2D eigenvalue weighted by atomic mass is 16.2. The Hall–Kier alpha value is -2.75. The Balaban J connectivity index is 1.88. The van der Waals surface area contributed by atoms with E-state index in [9.17, 15) is 9.59 Å². The number of urea groups is 2. The molecule has 1 aliphatic rings. The summed E-state index contributed by atoms with van der Waals surface area (Å²) < 4.78 is 0. The maximum atomic E-state index is 12.2. The van der Waals surface area contributed by atoms with E-state index in [-0.39, 0.29) is 11.9 Å². The number of hydrogen-bond acceptors (Lipinski definition) is 3. The Morgan fingerprint density at radius 2 is 2.09 bits per heavy atom. The molecule has 0 bridgehead atoms. The molecule has 7 nitrogen and oxygen atoms in total. The van der Waals surface area contributed by atoms with Crippen LogP contribution in [0.1, 0.15) is 18.4 Å². The number of benzene rings is 1. The average Bonchev–Trinajstić information content (AvgIpc) is 2.54. The van der Waals surface area contributed by atoms with E-state index in [0.717, 1.165) is 12.8 Å². The van der Waals surface area contributed by atoms with Crippen LogP contribution in [-0.4, -0.2) is 36.6 Å². The highest BCUT2D eigenvalue weighted by molar-refractivity contribution is 5.89. The molecule has 1 aliphatic heterocycles. The molecule has 0 radical (unpaired) electrons. The van der Waals surface area contributed by atoms with Gasteiger partial charge in [-0.25, -0.2) is 9.59 Å². The number of rotatable bonds is 3. The van der Waals surface area contributed by atoms with Gasteiger partial charge in [0.2, 0.25) is 0 Å². The van der Waals surface area contributed by atoms with Crippen LogP contribution in [-0.2, 0) is 0 Å². The van der Waals surface area contributed by atoms with Crippen LogP contribution < -0.4 is 16.4 Å². The third-order valence-corrected chi connectivity index (χ3v) is 3.64. The lowest BCUT2D eigenvalue weighted by atomic mass is 9.98. The maximum absolute atomic E-state index is 12.2. The quantitative estimate of drug-likeness (QED) is 0.786. The van der Waals surface area contributed by atoms with Crippen LogP contribution in [0.25, 0.3) is 0 Å². The van der Waals surface area contributed by atoms with Crippen molar-refractivity contribution < 1.29 is 9.59 Å². The van der Waals surface area contributed by atoms with E-state index in [0.29, 0.717) is 30.9 Å². The van der Waals surface area contributed by atoms with Gasteiger partial charge in [-0.15, -0.1) is 0 Å². The SMILES string of the molecule is N#Cc1ccc(NC(=O)N2CCCC(CNC(N)=O)C2)cc1. The molecule has 1 fully saturated rings. The van der Waals surface area contributed by atoms with Crippen LogP contribution in [0.2, 0.25) is 0 Å². The fourth-order valence-corrected chi connectivity index (χ4v) is 2.49. The van der Waals surface area contributed by atoms with E-state index in [1.165, 1.54) is 0 Å². The first-order valence-electron chi connectivity index (χ1n) is 7.18. The molecule has 0 spiro atoms. The third-order valence-electron chi connectivity index (χ3n) is 3.64. The van der Waals surface area contributed by atoms with E-state index in [2.05, 4.69) is 10.6 Å². The zero-order chi connectivity index (χ0) is 15.9. The van der Waals surface area contributed by atoms with Crippen molar-refractivity contribution in [1.29, 1.82) is 5.26 Å². The molecule has 2 rings (SSSR count). The van der Waals surface area contributed by atoms with Crippen LogP contribution in [0.3, 0.4) is 0 Å². The third kappa shape index (κ3) is 4.38. The lowest BCUT2D eigenvalue weighted by Crippen LogP contribution is -2.46. The summed E-state index contributed by atoms with van der Waals surface area (Å²) in [6.07, 6.45) is 1.85. The van der Waals surface area contributed by atoms with Gasteiger partial charge in [0.05, 0.1) is 11.6 Å². The van der Waals surface area contributed by atoms with Crippen molar-refractivity contribution in [3.8, 4) is 6.07 Å². The summed E-state index contributed by atoms with van der Waals surface area (Å²) in [6, 6.07) is 8.03. The second-order valence-corrected chi connectivity index (χ2v) is 5.32. The van der Waals surface area contributed by atoms with Gasteiger partial charge in [-0.3, -0.25) is 0 Å². The molecule has 1 saturated heterocycles. The Bertz CT molecular complexity index is 579. The molecule has 7 heteroatoms. The van der Waals surface area contributed by atoms with Crippen molar-refractivity contribution >= 4 is 17.7 Å². The number of nitriles is 1. The molecule has 4 amide bonds. The molecular formula is C15H19N5O2. The van der Waals surface area contributed by atoms with Crippen LogP contribution in [0.15, 0.2) is 24.3 Å². The summed E-state index contributed by atoms with van der Waals surface area (Å²) in [7, 11) is 0. The topological polar surface area (TPSA) is 111 Å². The molecule has 1 atom stereocenters. The number of nitrogens with one attached hydrogen (secondary N) is 2. The number of anilines is 1. The first-order chi connectivity index (χ1) is 10.6. The average molecular weight is 301 g/mol. The molecular weight excluding hydrogens is 282 g/mol. The Kier molecular flexibility index (Phi) is 5.20. The van der Waals surface area contributed by atoms with Crippen molar-refractivity contribution in [3.05, 3.63) is 29.8 Å². The number of likely N-dealkylation sites (tertiary alicyclic amines) is 1. The summed E-state index contributed by atoms with van der Waals surface area (Å²) >= 11 is 0. The Morgan fingerprint density at radius 3 is 2.73 bits per heavy atom. The number of nitrogens with two attached hydrogens (primary N) is 1. The van der Waals surface area contributed by atoms with Gasteiger partial charge in [-0.2, -0.15) is 5.26 Å². The lowest BCUT2D eigenvalue weighted by molar-refractivity contribution is 0.176. The largest absolute Gasteiger partial charge is 0.352 e. The minimum absolute atomic E-state index is 0.173. The normalized spacial score (nSPS) is 17.4. The predicted octanol–water partition coefficient (Wildman–Crippen LogP) is 1.47. The highest BCUT2D eigenvalue weighted by Gasteiger charge is 2.23. The van der Waals surface area contributed by atoms with Gasteiger partial charge in [0.25, 0.3) is 0 Å². The maximum Gasteiger partial charge on any atom is 0.321 e. The van der Waals surface area contributed by atoms with E-state index in [4.69, 9.17) is 11.0 Å². The summed E-state index contributed by atoms with van der Waals surface area (Å²) in [4.78, 5) is 24.7. The van der Waals surface area contributed by atoms with Gasteiger partial charge >= 0.3 is 12.1 Å². The van der Waals surface area contributed by atoms with Crippen LogP contribution in [0.5, 0.6) is 0 Å². The fraction of sp³-hybridized carbons (Fsp3) is 0.400. The molecule has 4 N–H and O–H groups in total. The molecule has 0 aromatic heterocycles. The molecule has 0 aliphatic carbocycles. The summed E-state index contributed by atoms with van der Waals surface area (Å²) in [5.41, 5.74) is 6.27. The summed E-state index contributed by atoms with van der Waals surface area (Å²) in [5, 5.41) is 14.1. The molecule has 1 aromatic carbocycles. The highest BCUT2D eigenvalue weighted by Crippen LogP contribution is 2.17. The standard InChI is InChI=1S/C15H19N5O2/c16-8-11-3-5-13(6-4-11)19-15(22)20-7-1-2-12(10-20)9-18-14(17)21/h3-6,12H,1-2,7,9-10H2,(H,19,22)(H3,17,18,21). The smallest absolute Gasteiger partial charge is 0.321 e. The van der Waals surface area contributed by atoms with Gasteiger partial charge in [0.15, 0.2) is 0 Å². The van der Waals surface area contributed by atoms with Crippen molar-refractivity contribution in [2.45, 2.75) is 12.8 Å². The van der Waals surface area contributed by atoms with Crippen molar-refractivity contribution in [1.82, 2.24) is 10.2 Å². The molecule has 1 aromatic rings. The molecule has 0 saturated carbocycles. The van der Waals surface area contributed by atoms with E-state index < -0.39 is 6.03 Å². The van der Waals surface area contributed by atoms with Gasteiger partial charge in [-0.05, 0) is 43.0 Å². The van der Waals surface area contributed by atoms with Gasteiger partial charge < -0.3 is 21.3 Å². The van der Waals surface area contributed by atoms with Gasteiger partial charge in [0.1, 0.15) is 0 Å². The van der Waals surface area contributed by atoms with E-state index in [1.54, 1.807) is 29.2 Å². The zero-order valence-corrected chi connectivity index (χ0v) is 12.2. The summed E-state index contributed by atoms with van der Waals surface area (Å²) in [6.45, 7) is 1.76. The van der Waals surface area contributed by atoms with Crippen LogP contribution in [0, 0.1) is 17.2 Å². The lowest BCUT2D eigenvalue weighted by Gasteiger charge is -2.32. The van der Waals surface area contributed by atoms with E-state index in [1.807, 2.05) is 6.07 Å². The minimum atomic E-state index is -0.542. The number of hydrogen-bond donors (Lipinski definition) is 3. The number of carbonyl (C=O) groups is 2. The molecule has 1 unspecified atom stereocenters. The van der Waals surface area contributed by atoms with Crippen LogP contribution in [0.4, 0.5) is 15.3 Å². The number of amides is 4. The molecule has 22 heavy (non-hydrogen) atoms. The van der Waals surface area contributed by atoms with Gasteiger partial charge in [0, 0.05) is 25.3 Å². The monoisotopic (exact) mass is 301 g/mol. The number of primary amides is 1. The van der Waals surface area contributed by atoms with E-state index >= 15 is 0 Å². The predicted molar refractivity (Wildman–Crippen MR) is 82.1 cm³/mol. The number of carbonyl (C=O) groups excluding carboxylic acids is 2. The van der Waals surface area contributed by atoms with Crippen molar-refractivity contribution in [2.75, 3.05) is 25.0 Å². The summed E-state index contributed by atoms with van der Waals surface area (Å²) in [5.74, 6) is 0.216. The Morgan fingerprint density at radius 1 is 1.36 bits per heavy atom. The van der Waals surface area contributed by atoms with Crippen molar-refractivity contribution in [2.24, 2.45) is 11.7 Å². The van der Waals surface area contributed by atoms with Gasteiger partial charge in [-0.1, -0.05) is 0 Å². The van der Waals surface area contributed by atoms with Crippen LogP contribution >= 0.6 is 0 Å². The van der Waals surface area contributed by atoms with Crippen molar-refractivity contribution in [3.63, 3.8) is 0 Å². The fourth-order valence-electron chi connectivity index (χ4n) is 2.49. The first-order valence-corrected chi connectivity index (χ1v) is 7.18. The first kappa shape index (κ1) is 15.6. The second-order valence-electron chi connectivity index (χ2n) is 5.32. The molecule has 116 valence electrons. The Labute approximate surface area is 129 Å². The zero-order valence-electron chi connectivity index (χ0n) is 12.2. The second kappa shape index (κ2) is 7.31. The molecule has 1 heterocycles. The number of nitrogens with zero attached hydrogens (tertiary/aromatic N) is 2. The minimum Gasteiger partial charge on any atom is -0.352 e. The number of piperidine rings is 1.